The van der Waals surface area contributed by atoms with E-state index in [0.29, 0.717) is 29.1 Å². The van der Waals surface area contributed by atoms with E-state index >= 15 is 0 Å². The van der Waals surface area contributed by atoms with E-state index in [1.807, 2.05) is 0 Å². The van der Waals surface area contributed by atoms with Crippen LogP contribution in [0.5, 0.6) is 11.5 Å². The summed E-state index contributed by atoms with van der Waals surface area (Å²) in [5.41, 5.74) is 0.457. The van der Waals surface area contributed by atoms with Gasteiger partial charge in [-0.15, -0.1) is 0 Å². The first-order valence-corrected chi connectivity index (χ1v) is 17.1. The minimum absolute atomic E-state index is 0.0214. The molecule has 0 spiro atoms. The van der Waals surface area contributed by atoms with Crippen LogP contribution in [0.3, 0.4) is 0 Å². The van der Waals surface area contributed by atoms with Crippen molar-refractivity contribution in [2.24, 2.45) is 0 Å². The van der Waals surface area contributed by atoms with E-state index in [1.165, 1.54) is 77.0 Å². The Labute approximate surface area is 252 Å². The molecule has 0 N–H and O–H groups in total. The molecule has 1 aromatic carbocycles. The lowest BCUT2D eigenvalue weighted by Crippen LogP contribution is -2.50. The molecule has 4 fully saturated rings. The molecule has 232 valence electrons. The van der Waals surface area contributed by atoms with Crippen LogP contribution in [0.1, 0.15) is 139 Å². The Morgan fingerprint density at radius 3 is 1.29 bits per heavy atom. The fourth-order valence-corrected chi connectivity index (χ4v) is 8.11. The molecule has 42 heavy (non-hydrogen) atoms. The number of rotatable bonds is 11. The molecule has 0 aliphatic heterocycles. The lowest BCUT2D eigenvalue weighted by Gasteiger charge is -2.42. The molecule has 0 bridgehead atoms. The topological polar surface area (TPSA) is 76.1 Å². The predicted octanol–water partition coefficient (Wildman–Crippen LogP) is 7.24. The fourth-order valence-electron chi connectivity index (χ4n) is 8.11. The Morgan fingerprint density at radius 1 is 0.571 bits per heavy atom. The van der Waals surface area contributed by atoms with Crippen LogP contribution in [0.4, 0.5) is 0 Å². The molecule has 4 aliphatic rings. The third-order valence-electron chi connectivity index (χ3n) is 10.3. The van der Waals surface area contributed by atoms with Crippen molar-refractivity contribution in [1.82, 2.24) is 9.80 Å². The summed E-state index contributed by atoms with van der Waals surface area (Å²) in [7, 11) is 0. The summed E-state index contributed by atoms with van der Waals surface area (Å²) < 4.78 is 12.3. The van der Waals surface area contributed by atoms with Crippen LogP contribution in [-0.4, -0.2) is 65.3 Å². The van der Waals surface area contributed by atoms with E-state index in [9.17, 15) is 14.4 Å². The van der Waals surface area contributed by atoms with E-state index in [1.54, 1.807) is 18.2 Å². The van der Waals surface area contributed by atoms with Gasteiger partial charge in [-0.25, -0.2) is 0 Å². The smallest absolute Gasteiger partial charge is 0.261 e. The molecular weight excluding hydrogens is 528 g/mol. The highest BCUT2D eigenvalue weighted by molar-refractivity contribution is 5.80. The third kappa shape index (κ3) is 8.08. The molecule has 1 aromatic rings. The highest BCUT2D eigenvalue weighted by Gasteiger charge is 2.34. The molecule has 0 heterocycles. The summed E-state index contributed by atoms with van der Waals surface area (Å²) in [5.74, 6) is 0.829. The maximum Gasteiger partial charge on any atom is 0.261 e. The second-order valence-corrected chi connectivity index (χ2v) is 13.2. The van der Waals surface area contributed by atoms with Gasteiger partial charge in [0.1, 0.15) is 6.29 Å². The molecule has 5 rings (SSSR count). The summed E-state index contributed by atoms with van der Waals surface area (Å²) >= 11 is 0. The first kappa shape index (κ1) is 30.9. The molecule has 0 saturated heterocycles. The van der Waals surface area contributed by atoms with Gasteiger partial charge in [-0.1, -0.05) is 77.0 Å². The van der Waals surface area contributed by atoms with Gasteiger partial charge < -0.3 is 19.3 Å². The van der Waals surface area contributed by atoms with E-state index < -0.39 is 0 Å². The van der Waals surface area contributed by atoms with Crippen molar-refractivity contribution < 1.29 is 23.9 Å². The molecule has 7 nitrogen and oxygen atoms in total. The Balaban J connectivity index is 1.26. The second kappa shape index (κ2) is 15.8. The van der Waals surface area contributed by atoms with Gasteiger partial charge in [0.15, 0.2) is 24.7 Å². The number of benzene rings is 1. The van der Waals surface area contributed by atoms with Crippen molar-refractivity contribution >= 4 is 18.1 Å². The summed E-state index contributed by atoms with van der Waals surface area (Å²) in [6.45, 7) is -0.149. The summed E-state index contributed by atoms with van der Waals surface area (Å²) in [6, 6.07) is 6.19. The number of amides is 2. The number of carbonyl (C=O) groups excluding carboxylic acids is 3. The van der Waals surface area contributed by atoms with Gasteiger partial charge in [-0.05, 0) is 69.6 Å². The molecule has 7 heteroatoms. The van der Waals surface area contributed by atoms with Crippen molar-refractivity contribution in [3.8, 4) is 11.5 Å². The number of aldehydes is 1. The largest absolute Gasteiger partial charge is 0.480 e. The van der Waals surface area contributed by atoms with Gasteiger partial charge in [-0.3, -0.25) is 14.4 Å². The van der Waals surface area contributed by atoms with Crippen molar-refractivity contribution in [3.05, 3.63) is 23.8 Å². The van der Waals surface area contributed by atoms with Gasteiger partial charge in [0.25, 0.3) is 11.8 Å². The third-order valence-corrected chi connectivity index (χ3v) is 10.3. The zero-order chi connectivity index (χ0) is 29.1. The highest BCUT2D eigenvalue weighted by Crippen LogP contribution is 2.33. The number of nitrogens with zero attached hydrogens (tertiary/aromatic N) is 2. The maximum absolute atomic E-state index is 13.7. The van der Waals surface area contributed by atoms with Crippen LogP contribution in [0.15, 0.2) is 18.2 Å². The van der Waals surface area contributed by atoms with Crippen molar-refractivity contribution in [1.29, 1.82) is 0 Å². The average molecular weight is 581 g/mol. The minimum Gasteiger partial charge on any atom is -0.480 e. The van der Waals surface area contributed by atoms with E-state index in [0.717, 1.165) is 57.7 Å². The summed E-state index contributed by atoms with van der Waals surface area (Å²) in [5, 5.41) is 0. The standard InChI is InChI=1S/C35H52N2O5/c38-24-27-21-22-32(41-25-34(39)36(28-13-5-1-6-14-28)29-15-7-2-8-16-29)33(23-27)42-26-35(40)37(30-17-9-3-10-18-30)31-19-11-4-12-20-31/h21-24,28-31H,1-20,25-26H2. The molecule has 4 saturated carbocycles. The Bertz CT molecular complexity index is 984. The molecule has 2 amide bonds. The molecular formula is C35H52N2O5. The Morgan fingerprint density at radius 2 is 0.929 bits per heavy atom. The van der Waals surface area contributed by atoms with Crippen molar-refractivity contribution in [2.75, 3.05) is 13.2 Å². The van der Waals surface area contributed by atoms with Crippen LogP contribution in [0.25, 0.3) is 0 Å². The van der Waals surface area contributed by atoms with Gasteiger partial charge in [0.05, 0.1) is 0 Å². The fraction of sp³-hybridized carbons (Fsp3) is 0.743. The van der Waals surface area contributed by atoms with Crippen molar-refractivity contribution in [3.63, 3.8) is 0 Å². The zero-order valence-corrected chi connectivity index (χ0v) is 25.6. The van der Waals surface area contributed by atoms with Crippen LogP contribution < -0.4 is 9.47 Å². The first-order chi connectivity index (χ1) is 20.6. The Hall–Kier alpha value is -2.57. The summed E-state index contributed by atoms with van der Waals surface area (Å²) in [4.78, 5) is 43.3. The van der Waals surface area contributed by atoms with Gasteiger partial charge >= 0.3 is 0 Å². The first-order valence-electron chi connectivity index (χ1n) is 17.1. The SMILES string of the molecule is O=Cc1ccc(OCC(=O)N(C2CCCCC2)C2CCCCC2)c(OCC(=O)N(C2CCCCC2)C2CCCCC2)c1. The monoisotopic (exact) mass is 580 g/mol. The average Bonchev–Trinajstić information content (AvgIpc) is 3.05. The normalized spacial score (nSPS) is 21.4. The van der Waals surface area contributed by atoms with Gasteiger partial charge in [0.2, 0.25) is 0 Å². The molecule has 0 aromatic heterocycles. The number of hydrogen-bond acceptors (Lipinski definition) is 5. The van der Waals surface area contributed by atoms with E-state index in [4.69, 9.17) is 9.47 Å². The van der Waals surface area contributed by atoms with Crippen molar-refractivity contribution in [2.45, 2.75) is 153 Å². The minimum atomic E-state index is -0.0874. The highest BCUT2D eigenvalue weighted by atomic mass is 16.5. The second-order valence-electron chi connectivity index (χ2n) is 13.2. The quantitative estimate of drug-likeness (QED) is 0.258. The number of ether oxygens (including phenoxy) is 2. The lowest BCUT2D eigenvalue weighted by molar-refractivity contribution is -0.141. The van der Waals surface area contributed by atoms with E-state index in [2.05, 4.69) is 9.80 Å². The van der Waals surface area contributed by atoms with Crippen LogP contribution >= 0.6 is 0 Å². The number of carbonyl (C=O) groups is 3. The van der Waals surface area contributed by atoms with E-state index in [-0.39, 0.29) is 37.1 Å². The van der Waals surface area contributed by atoms with Gasteiger partial charge in [-0.2, -0.15) is 0 Å². The zero-order valence-electron chi connectivity index (χ0n) is 25.6. The predicted molar refractivity (Wildman–Crippen MR) is 164 cm³/mol. The number of hydrogen-bond donors (Lipinski definition) is 0. The lowest BCUT2D eigenvalue weighted by atomic mass is 9.88. The molecule has 0 atom stereocenters. The van der Waals surface area contributed by atoms with Gasteiger partial charge in [0, 0.05) is 29.7 Å². The van der Waals surface area contributed by atoms with Crippen LogP contribution in [0, 0.1) is 0 Å². The molecule has 0 unspecified atom stereocenters. The molecule has 0 radical (unpaired) electrons. The maximum atomic E-state index is 13.7. The molecule has 4 aliphatic carbocycles. The van der Waals surface area contributed by atoms with Crippen LogP contribution in [0.2, 0.25) is 0 Å². The summed E-state index contributed by atoms with van der Waals surface area (Å²) in [6.07, 6.45) is 23.8. The Kier molecular flexibility index (Phi) is 11.6. The van der Waals surface area contributed by atoms with Crippen LogP contribution in [-0.2, 0) is 9.59 Å².